The van der Waals surface area contributed by atoms with Crippen LogP contribution in [-0.4, -0.2) is 101 Å². The van der Waals surface area contributed by atoms with Gasteiger partial charge in [0, 0.05) is 112 Å². The van der Waals surface area contributed by atoms with Crippen LogP contribution in [0.2, 0.25) is 20.1 Å². The molecule has 2 atom stereocenters. The summed E-state index contributed by atoms with van der Waals surface area (Å²) in [7, 11) is 0. The molecule has 75 heavy (non-hydrogen) atoms. The molecule has 0 unspecified atom stereocenters. The number of nitrogens with one attached hydrogen (secondary N) is 3. The first kappa shape index (κ1) is 56.4. The number of halogens is 6. The van der Waals surface area contributed by atoms with Gasteiger partial charge in [-0.05, 0) is 93.3 Å². The van der Waals surface area contributed by atoms with Crippen LogP contribution in [-0.2, 0) is 17.8 Å². The molecule has 2 aliphatic heterocycles. The summed E-state index contributed by atoms with van der Waals surface area (Å²) >= 11 is 24.7. The highest BCUT2D eigenvalue weighted by molar-refractivity contribution is 6.35. The minimum Gasteiger partial charge on any atom is -0.444 e. The van der Waals surface area contributed by atoms with Crippen molar-refractivity contribution in [2.24, 2.45) is 5.73 Å². The van der Waals surface area contributed by atoms with Crippen molar-refractivity contribution in [1.82, 2.24) is 44.3 Å². The van der Waals surface area contributed by atoms with Crippen molar-refractivity contribution < 1.29 is 19.1 Å². The minimum absolute atomic E-state index is 0. The van der Waals surface area contributed by atoms with Gasteiger partial charge in [-0.1, -0.05) is 82.8 Å². The van der Waals surface area contributed by atoms with E-state index in [9.17, 15) is 14.4 Å². The van der Waals surface area contributed by atoms with Gasteiger partial charge in [-0.15, -0.1) is 24.8 Å². The smallest absolute Gasteiger partial charge is 0.407 e. The highest BCUT2D eigenvalue weighted by atomic mass is 35.5. The molecular weight excluding hydrogens is 1080 g/mol. The SMILES string of the molecule is CC(C)(C)OC(=O)N[C@H]1CCN(C(=O)c2ccc(-c3cc(NCc4ccc(Cl)cc4Cl)n4nccc4n3)cc2)C1.Cl.Cl.N[C@H]1CCN(C(=O)c2ccc(-c3cc(NCc4ccc(Cl)cc4Cl)n4nccc4n3)cc2)C1. The molecule has 2 saturated heterocycles. The van der Waals surface area contributed by atoms with Gasteiger partial charge in [0.25, 0.3) is 11.8 Å². The third-order valence-electron chi connectivity index (χ3n) is 12.2. The third-order valence-corrected chi connectivity index (χ3v) is 13.4. The van der Waals surface area contributed by atoms with E-state index < -0.39 is 11.7 Å². The summed E-state index contributed by atoms with van der Waals surface area (Å²) in [6, 6.07) is 33.1. The molecule has 0 aliphatic carbocycles. The lowest BCUT2D eigenvalue weighted by Gasteiger charge is -2.22. The standard InChI is InChI=1S/C29H30Cl2N6O3.C24H22Cl2N6O.2ClH/c1-29(2,3)40-28(39)34-22-11-13-36(17-22)27(38)19-6-4-18(5-7-19)24-15-26(37-25(35-24)10-12-33-37)32-16-20-8-9-21(30)14-23(20)31;25-18-6-5-17(20(26)11-18)13-28-23-12-21(30-22-7-9-29-32(22)23)15-1-3-16(4-2-15)24(33)31-10-8-19(27)14-31;;/h4-10,12,14-15,22,32H,11,13,16-17H2,1-3H3,(H,34,39);1-7,9,11-12,19,28H,8,10,13-14,27H2;2*1H/t22-;19-;;/m00../s1. The Labute approximate surface area is 466 Å². The molecule has 5 N–H and O–H groups in total. The first-order valence-corrected chi connectivity index (χ1v) is 25.1. The Hall–Kier alpha value is -6.37. The maximum atomic E-state index is 13.1. The number of nitrogens with zero attached hydrogens (tertiary/aromatic N) is 8. The molecule has 4 aromatic heterocycles. The fourth-order valence-electron chi connectivity index (χ4n) is 8.52. The Kier molecular flexibility index (Phi) is 18.4. The number of benzene rings is 4. The van der Waals surface area contributed by atoms with E-state index in [1.165, 1.54) is 0 Å². The topological polar surface area (TPSA) is 189 Å². The van der Waals surface area contributed by atoms with E-state index in [2.05, 4.69) is 26.1 Å². The van der Waals surface area contributed by atoms with E-state index in [4.69, 9.17) is 66.8 Å². The minimum atomic E-state index is -0.571. The second kappa shape index (κ2) is 24.5. The monoisotopic (exact) mass is 1130 g/mol. The molecule has 0 bridgehead atoms. The molecule has 0 radical (unpaired) electrons. The molecule has 10 rings (SSSR count). The highest BCUT2D eigenvalue weighted by Gasteiger charge is 2.30. The van der Waals surface area contributed by atoms with E-state index in [1.807, 2.05) is 99.6 Å². The first-order chi connectivity index (χ1) is 35.0. The molecule has 16 nitrogen and oxygen atoms in total. The predicted octanol–water partition coefficient (Wildman–Crippen LogP) is 11.4. The summed E-state index contributed by atoms with van der Waals surface area (Å²) in [5.41, 5.74) is 13.1. The van der Waals surface area contributed by atoms with Gasteiger partial charge in [-0.25, -0.2) is 14.8 Å². The number of anilines is 2. The van der Waals surface area contributed by atoms with Crippen molar-refractivity contribution in [2.75, 3.05) is 36.8 Å². The molecule has 6 heterocycles. The second-order valence-corrected chi connectivity index (χ2v) is 20.5. The number of amides is 3. The van der Waals surface area contributed by atoms with Crippen LogP contribution in [0.25, 0.3) is 33.8 Å². The normalized spacial score (nSPS) is 15.1. The Morgan fingerprint density at radius 2 is 1.08 bits per heavy atom. The van der Waals surface area contributed by atoms with Crippen LogP contribution in [0.1, 0.15) is 65.5 Å². The van der Waals surface area contributed by atoms with Gasteiger partial charge in [-0.2, -0.15) is 19.2 Å². The van der Waals surface area contributed by atoms with Crippen molar-refractivity contribution in [2.45, 2.75) is 64.4 Å². The van der Waals surface area contributed by atoms with Gasteiger partial charge >= 0.3 is 6.09 Å². The molecule has 0 spiro atoms. The summed E-state index contributed by atoms with van der Waals surface area (Å²) in [5.74, 6) is 1.45. The van der Waals surface area contributed by atoms with E-state index in [-0.39, 0.29) is 48.7 Å². The second-order valence-electron chi connectivity index (χ2n) is 18.8. The molecule has 392 valence electrons. The maximum Gasteiger partial charge on any atom is 0.407 e. The van der Waals surface area contributed by atoms with Gasteiger partial charge in [0.15, 0.2) is 11.3 Å². The molecule has 8 aromatic rings. The van der Waals surface area contributed by atoms with Crippen molar-refractivity contribution >= 4 is 112 Å². The Morgan fingerprint density at radius 3 is 1.51 bits per heavy atom. The largest absolute Gasteiger partial charge is 0.444 e. The molecule has 0 saturated carbocycles. The highest BCUT2D eigenvalue weighted by Crippen LogP contribution is 2.29. The average Bonchev–Trinajstić information content (AvgIpc) is 4.21. The van der Waals surface area contributed by atoms with Gasteiger partial charge in [-0.3, -0.25) is 9.59 Å². The van der Waals surface area contributed by atoms with Crippen LogP contribution in [0.4, 0.5) is 16.4 Å². The number of ether oxygens (including phenoxy) is 1. The Balaban J connectivity index is 0.000000216. The van der Waals surface area contributed by atoms with E-state index in [0.717, 1.165) is 51.7 Å². The number of likely N-dealkylation sites (tertiary alicyclic amines) is 2. The third kappa shape index (κ3) is 13.9. The molecule has 4 aromatic carbocycles. The van der Waals surface area contributed by atoms with Crippen LogP contribution in [0.5, 0.6) is 0 Å². The summed E-state index contributed by atoms with van der Waals surface area (Å²) in [6.07, 6.45) is 4.44. The maximum absolute atomic E-state index is 13.1. The molecular formula is C53H54Cl6N12O4. The zero-order valence-electron chi connectivity index (χ0n) is 41.0. The zero-order valence-corrected chi connectivity index (χ0v) is 45.6. The number of rotatable bonds is 11. The molecule has 22 heteroatoms. The Morgan fingerprint density at radius 1 is 0.627 bits per heavy atom. The lowest BCUT2D eigenvalue weighted by molar-refractivity contribution is 0.0502. The van der Waals surface area contributed by atoms with Crippen LogP contribution in [0.3, 0.4) is 0 Å². The van der Waals surface area contributed by atoms with Crippen molar-refractivity contribution in [3.8, 4) is 22.5 Å². The van der Waals surface area contributed by atoms with E-state index in [1.54, 1.807) is 61.6 Å². The summed E-state index contributed by atoms with van der Waals surface area (Å²) in [4.78, 5) is 51.0. The number of alkyl carbamates (subject to hydrolysis) is 1. The number of hydrogen-bond acceptors (Lipinski definition) is 11. The molecule has 2 aliphatic rings. The predicted molar refractivity (Wildman–Crippen MR) is 301 cm³/mol. The number of carbonyl (C=O) groups excluding carboxylic acids is 3. The van der Waals surface area contributed by atoms with Crippen LogP contribution < -0.4 is 21.7 Å². The van der Waals surface area contributed by atoms with Crippen LogP contribution >= 0.6 is 71.2 Å². The summed E-state index contributed by atoms with van der Waals surface area (Å²) < 4.78 is 8.79. The number of aromatic nitrogens is 6. The van der Waals surface area contributed by atoms with Crippen molar-refractivity contribution in [1.29, 1.82) is 0 Å². The van der Waals surface area contributed by atoms with E-state index >= 15 is 0 Å². The van der Waals surface area contributed by atoms with Gasteiger partial charge in [0.05, 0.1) is 29.8 Å². The van der Waals surface area contributed by atoms with Gasteiger partial charge in [0.2, 0.25) is 0 Å². The summed E-state index contributed by atoms with van der Waals surface area (Å²) in [6.45, 7) is 8.73. The average molecular weight is 1140 g/mol. The van der Waals surface area contributed by atoms with E-state index in [0.29, 0.717) is 88.2 Å². The number of carbonyl (C=O) groups is 3. The molecule has 2 fully saturated rings. The lowest BCUT2D eigenvalue weighted by Crippen LogP contribution is -2.41. The van der Waals surface area contributed by atoms with Crippen molar-refractivity contribution in [3.05, 3.63) is 164 Å². The summed E-state index contributed by atoms with van der Waals surface area (Å²) in [5, 5.41) is 20.7. The number of nitrogens with two attached hydrogens (primary N) is 1. The molecule has 3 amide bonds. The lowest BCUT2D eigenvalue weighted by atomic mass is 10.1. The fraction of sp³-hybridized carbons (Fsp3) is 0.264. The number of fused-ring (bicyclic) bond motifs is 2. The quantitative estimate of drug-likeness (QED) is 0.0964. The van der Waals surface area contributed by atoms with Gasteiger partial charge < -0.3 is 36.2 Å². The number of hydrogen-bond donors (Lipinski definition) is 4. The van der Waals surface area contributed by atoms with Gasteiger partial charge in [0.1, 0.15) is 17.2 Å². The van der Waals surface area contributed by atoms with Crippen LogP contribution in [0.15, 0.2) is 122 Å². The Bertz CT molecular complexity index is 3310. The van der Waals surface area contributed by atoms with Crippen molar-refractivity contribution in [3.63, 3.8) is 0 Å². The zero-order chi connectivity index (χ0) is 51.4. The fourth-order valence-corrected chi connectivity index (χ4v) is 9.47. The van der Waals surface area contributed by atoms with Crippen LogP contribution in [0, 0.1) is 0 Å². The first-order valence-electron chi connectivity index (χ1n) is 23.6.